The summed E-state index contributed by atoms with van der Waals surface area (Å²) in [6.07, 6.45) is 0. The Hall–Kier alpha value is -2.55. The van der Waals surface area contributed by atoms with E-state index in [4.69, 9.17) is 4.74 Å². The van der Waals surface area contributed by atoms with E-state index >= 15 is 0 Å². The van der Waals surface area contributed by atoms with Crippen LogP contribution in [0.25, 0.3) is 11.4 Å². The fourth-order valence-electron chi connectivity index (χ4n) is 2.64. The highest BCUT2D eigenvalue weighted by molar-refractivity contribution is 8.04. The number of carboxylic acids is 1. The molecule has 0 fully saturated rings. The number of thioether (sulfide) groups is 1. The average Bonchev–Trinajstić information content (AvgIpc) is 3.18. The van der Waals surface area contributed by atoms with Gasteiger partial charge in [0.2, 0.25) is 0 Å². The van der Waals surface area contributed by atoms with E-state index in [0.717, 1.165) is 16.9 Å². The molecule has 0 saturated carbocycles. The molecule has 0 saturated heterocycles. The zero-order valence-electron chi connectivity index (χ0n) is 15.1. The highest BCUT2D eigenvalue weighted by atomic mass is 32.2. The molecule has 0 spiro atoms. The monoisotopic (exact) mass is 375 g/mol. The number of nitrogens with zero attached hydrogens (tertiary/aromatic N) is 5. The molecule has 0 unspecified atom stereocenters. The maximum atomic E-state index is 11.3. The molecule has 138 valence electrons. The van der Waals surface area contributed by atoms with Gasteiger partial charge in [0.15, 0.2) is 5.82 Å². The van der Waals surface area contributed by atoms with Gasteiger partial charge in [-0.15, -0.1) is 5.10 Å². The molecule has 1 aliphatic heterocycles. The number of anilines is 1. The lowest BCUT2D eigenvalue weighted by Crippen LogP contribution is -2.17. The number of hydrogen-bond donors (Lipinski definition) is 1. The van der Waals surface area contributed by atoms with Crippen LogP contribution in [-0.2, 0) is 11.8 Å². The number of aromatic nitrogens is 4. The van der Waals surface area contributed by atoms with Gasteiger partial charge in [-0.05, 0) is 41.5 Å². The van der Waals surface area contributed by atoms with Gasteiger partial charge in [-0.2, -0.15) is 0 Å². The smallest absolute Gasteiger partial charge is 0.344 e. The predicted octanol–water partition coefficient (Wildman–Crippen LogP) is 2.74. The van der Waals surface area contributed by atoms with Crippen molar-refractivity contribution in [3.8, 4) is 17.1 Å². The number of ether oxygens (including phenoxy) is 1. The van der Waals surface area contributed by atoms with Crippen LogP contribution in [-0.4, -0.2) is 43.8 Å². The molecule has 1 aliphatic rings. The van der Waals surface area contributed by atoms with Gasteiger partial charge in [-0.3, -0.25) is 0 Å². The molecule has 26 heavy (non-hydrogen) atoms. The van der Waals surface area contributed by atoms with Gasteiger partial charge in [-0.1, -0.05) is 25.6 Å². The molecule has 8 nitrogen and oxygen atoms in total. The topological polar surface area (TPSA) is 93.4 Å². The second kappa shape index (κ2) is 7.36. The molecule has 0 atom stereocenters. The lowest BCUT2D eigenvalue weighted by molar-refractivity contribution is -0.131. The van der Waals surface area contributed by atoms with Crippen LogP contribution in [0.15, 0.2) is 28.8 Å². The number of tetrazole rings is 1. The second-order valence-electron chi connectivity index (χ2n) is 6.43. The lowest BCUT2D eigenvalue weighted by atomic mass is 10.1. The maximum absolute atomic E-state index is 11.3. The van der Waals surface area contributed by atoms with Crippen molar-refractivity contribution >= 4 is 23.4 Å². The maximum Gasteiger partial charge on any atom is 0.344 e. The molecule has 0 bridgehead atoms. The van der Waals surface area contributed by atoms with Crippen molar-refractivity contribution in [2.24, 2.45) is 13.0 Å². The Balaban J connectivity index is 2.02. The average molecular weight is 375 g/mol. The second-order valence-corrected chi connectivity index (χ2v) is 7.39. The summed E-state index contributed by atoms with van der Waals surface area (Å²) in [5, 5.41) is 21.0. The number of carboxylic acid groups (broad SMARTS) is 1. The van der Waals surface area contributed by atoms with Crippen molar-refractivity contribution in [3.63, 3.8) is 0 Å². The molecule has 0 aliphatic carbocycles. The van der Waals surface area contributed by atoms with E-state index in [0.29, 0.717) is 34.9 Å². The SMILES string of the molecule is CC1=C(C(=O)O)SCN1c1ccc(OCC(C)C)c(-c2nnnn2C)c1. The molecule has 1 aromatic carbocycles. The zero-order chi connectivity index (χ0) is 18.8. The number of carbonyl (C=O) groups is 1. The molecular weight excluding hydrogens is 354 g/mol. The van der Waals surface area contributed by atoms with Gasteiger partial charge in [0.05, 0.1) is 18.0 Å². The summed E-state index contributed by atoms with van der Waals surface area (Å²) in [5.41, 5.74) is 2.37. The van der Waals surface area contributed by atoms with Gasteiger partial charge in [0.25, 0.3) is 0 Å². The molecule has 1 aromatic heterocycles. The molecule has 0 amide bonds. The Morgan fingerprint density at radius 2 is 2.19 bits per heavy atom. The van der Waals surface area contributed by atoms with Crippen LogP contribution in [0.1, 0.15) is 20.8 Å². The normalized spacial score (nSPS) is 14.4. The van der Waals surface area contributed by atoms with E-state index in [2.05, 4.69) is 29.4 Å². The first kappa shape index (κ1) is 18.2. The largest absolute Gasteiger partial charge is 0.493 e. The van der Waals surface area contributed by atoms with Crippen LogP contribution in [0.4, 0.5) is 5.69 Å². The fourth-order valence-corrected chi connectivity index (χ4v) is 3.68. The third-order valence-electron chi connectivity index (χ3n) is 3.97. The summed E-state index contributed by atoms with van der Waals surface area (Å²) >= 11 is 1.32. The Kier molecular flexibility index (Phi) is 5.17. The van der Waals surface area contributed by atoms with Crippen LogP contribution in [0.2, 0.25) is 0 Å². The minimum atomic E-state index is -0.899. The summed E-state index contributed by atoms with van der Waals surface area (Å²) in [6, 6.07) is 5.76. The van der Waals surface area contributed by atoms with E-state index in [1.807, 2.05) is 30.0 Å². The zero-order valence-corrected chi connectivity index (χ0v) is 15.9. The first-order chi connectivity index (χ1) is 12.4. The van der Waals surface area contributed by atoms with E-state index < -0.39 is 5.97 Å². The Bertz CT molecular complexity index is 862. The van der Waals surface area contributed by atoms with Crippen molar-refractivity contribution in [2.45, 2.75) is 20.8 Å². The Labute approximate surface area is 155 Å². The molecule has 3 rings (SSSR count). The number of hydrogen-bond acceptors (Lipinski definition) is 7. The van der Waals surface area contributed by atoms with Crippen LogP contribution >= 0.6 is 11.8 Å². The summed E-state index contributed by atoms with van der Waals surface area (Å²) in [7, 11) is 1.77. The van der Waals surface area contributed by atoms with Crippen molar-refractivity contribution < 1.29 is 14.6 Å². The highest BCUT2D eigenvalue weighted by Gasteiger charge is 2.26. The Morgan fingerprint density at radius 1 is 1.42 bits per heavy atom. The van der Waals surface area contributed by atoms with Gasteiger partial charge >= 0.3 is 5.97 Å². The molecule has 2 heterocycles. The number of benzene rings is 1. The first-order valence-electron chi connectivity index (χ1n) is 8.22. The summed E-state index contributed by atoms with van der Waals surface area (Å²) in [4.78, 5) is 13.7. The van der Waals surface area contributed by atoms with Crippen molar-refractivity contribution in [2.75, 3.05) is 17.4 Å². The van der Waals surface area contributed by atoms with E-state index in [9.17, 15) is 9.90 Å². The minimum absolute atomic E-state index is 0.368. The van der Waals surface area contributed by atoms with Gasteiger partial charge in [0, 0.05) is 18.4 Å². The van der Waals surface area contributed by atoms with Crippen molar-refractivity contribution in [1.82, 2.24) is 20.2 Å². The third kappa shape index (κ3) is 3.52. The molecular formula is C17H21N5O3S. The number of aliphatic carboxylic acids is 1. The fraction of sp³-hybridized carbons (Fsp3) is 0.412. The molecule has 2 aromatic rings. The van der Waals surface area contributed by atoms with E-state index in [-0.39, 0.29) is 0 Å². The third-order valence-corrected chi connectivity index (χ3v) is 5.12. The van der Waals surface area contributed by atoms with Crippen LogP contribution in [0.5, 0.6) is 5.75 Å². The highest BCUT2D eigenvalue weighted by Crippen LogP contribution is 2.39. The molecule has 1 N–H and O–H groups in total. The number of aryl methyl sites for hydroxylation is 1. The molecule has 9 heteroatoms. The number of rotatable bonds is 6. The van der Waals surface area contributed by atoms with Crippen LogP contribution in [0, 0.1) is 5.92 Å². The quantitative estimate of drug-likeness (QED) is 0.824. The van der Waals surface area contributed by atoms with Gasteiger partial charge in [-0.25, -0.2) is 9.48 Å². The van der Waals surface area contributed by atoms with Gasteiger partial charge < -0.3 is 14.7 Å². The predicted molar refractivity (Wildman–Crippen MR) is 99.8 cm³/mol. The molecule has 0 radical (unpaired) electrons. The van der Waals surface area contributed by atoms with Crippen LogP contribution < -0.4 is 9.64 Å². The summed E-state index contributed by atoms with van der Waals surface area (Å²) in [5.74, 6) is 1.34. The standard InChI is InChI=1S/C17H21N5O3S/c1-10(2)8-25-14-6-5-12(7-13(14)16-18-19-20-21(16)4)22-9-26-15(11(22)3)17(23)24/h5-7,10H,8-9H2,1-4H3,(H,23,24). The van der Waals surface area contributed by atoms with Gasteiger partial charge in [0.1, 0.15) is 10.7 Å². The minimum Gasteiger partial charge on any atom is -0.493 e. The summed E-state index contributed by atoms with van der Waals surface area (Å²) < 4.78 is 7.53. The first-order valence-corrected chi connectivity index (χ1v) is 9.21. The van der Waals surface area contributed by atoms with Crippen molar-refractivity contribution in [3.05, 3.63) is 28.8 Å². The number of allylic oxidation sites excluding steroid dienone is 1. The van der Waals surface area contributed by atoms with Crippen molar-refractivity contribution in [1.29, 1.82) is 0 Å². The van der Waals surface area contributed by atoms with E-state index in [1.165, 1.54) is 11.8 Å². The lowest BCUT2D eigenvalue weighted by Gasteiger charge is -2.21. The van der Waals surface area contributed by atoms with E-state index in [1.54, 1.807) is 11.7 Å². The van der Waals surface area contributed by atoms with Crippen LogP contribution in [0.3, 0.4) is 0 Å². The Morgan fingerprint density at radius 3 is 2.77 bits per heavy atom. The summed E-state index contributed by atoms with van der Waals surface area (Å²) in [6.45, 7) is 6.57.